The van der Waals surface area contributed by atoms with Crippen molar-refractivity contribution in [3.63, 3.8) is 0 Å². The number of nitrogens with one attached hydrogen (secondary N) is 1. The number of ether oxygens (including phenoxy) is 1. The van der Waals surface area contributed by atoms with Gasteiger partial charge in [-0.2, -0.15) is 0 Å². The van der Waals surface area contributed by atoms with Gasteiger partial charge in [-0.1, -0.05) is 61.0 Å². The number of rotatable bonds is 11. The molecule has 34 heavy (non-hydrogen) atoms. The number of piperidine rings is 1. The van der Waals surface area contributed by atoms with E-state index in [0.717, 1.165) is 25.8 Å². The molecule has 1 fully saturated rings. The van der Waals surface area contributed by atoms with Gasteiger partial charge in [0.2, 0.25) is 5.91 Å². The number of hydrogen-bond donors (Lipinski definition) is 1. The molecule has 196 valence electrons. The number of likely N-dealkylation sites (tertiary alicyclic amines) is 1. The van der Waals surface area contributed by atoms with Crippen LogP contribution in [-0.2, 0) is 19.1 Å². The Balaban J connectivity index is 3.07. The van der Waals surface area contributed by atoms with E-state index >= 15 is 0 Å². The van der Waals surface area contributed by atoms with E-state index in [0.29, 0.717) is 24.1 Å². The lowest BCUT2D eigenvalue weighted by Gasteiger charge is -2.42. The molecule has 1 N–H and O–H groups in total. The smallest absolute Gasteiger partial charge is 0.333 e. The highest BCUT2D eigenvalue weighted by atomic mass is 16.5. The lowest BCUT2D eigenvalue weighted by Crippen LogP contribution is -2.58. The molecule has 0 aliphatic carbocycles. The first kappa shape index (κ1) is 30.3. The second kappa shape index (κ2) is 13.4. The zero-order valence-electron chi connectivity index (χ0n) is 23.4. The van der Waals surface area contributed by atoms with Crippen LogP contribution < -0.4 is 5.32 Å². The fourth-order valence-electron chi connectivity index (χ4n) is 4.60. The molecule has 0 bridgehead atoms. The van der Waals surface area contributed by atoms with Gasteiger partial charge in [0.25, 0.3) is 0 Å². The summed E-state index contributed by atoms with van der Waals surface area (Å²) < 4.78 is 5.10. The van der Waals surface area contributed by atoms with Crippen molar-refractivity contribution < 1.29 is 19.1 Å². The standard InChI is InChI=1S/C28H50N2O4/c1-11-34-27(33)20(6)16-22(19(4)5)17-24(31)25(28(8,9)10)29-26(32)23-14-12-13-15-30(23)21(7)18(2)3/h16,18-19,21-23,25H,11-15,17H2,1-10H3,(H,29,32)/b20-16+/t21?,22-,23+,25+/m0/s1. The third-order valence-electron chi connectivity index (χ3n) is 7.16. The number of amides is 1. The summed E-state index contributed by atoms with van der Waals surface area (Å²) in [4.78, 5) is 41.4. The molecule has 0 saturated carbocycles. The molecule has 1 aliphatic rings. The van der Waals surface area contributed by atoms with Crippen LogP contribution in [0, 0.1) is 23.2 Å². The minimum Gasteiger partial charge on any atom is -0.463 e. The van der Waals surface area contributed by atoms with Crippen LogP contribution in [0.5, 0.6) is 0 Å². The molecule has 1 saturated heterocycles. The van der Waals surface area contributed by atoms with E-state index in [1.807, 2.05) is 40.7 Å². The molecule has 6 heteroatoms. The number of hydrogen-bond acceptors (Lipinski definition) is 5. The third kappa shape index (κ3) is 8.83. The maximum atomic E-state index is 13.5. The second-order valence-electron chi connectivity index (χ2n) is 11.7. The van der Waals surface area contributed by atoms with E-state index in [9.17, 15) is 14.4 Å². The summed E-state index contributed by atoms with van der Waals surface area (Å²) in [7, 11) is 0. The van der Waals surface area contributed by atoms with Gasteiger partial charge in [0, 0.05) is 18.0 Å². The Morgan fingerprint density at radius 1 is 1.06 bits per heavy atom. The number of carbonyl (C=O) groups is 3. The van der Waals surface area contributed by atoms with Gasteiger partial charge in [-0.3, -0.25) is 14.5 Å². The summed E-state index contributed by atoms with van der Waals surface area (Å²) in [6, 6.07) is -0.479. The number of ketones is 1. The van der Waals surface area contributed by atoms with Crippen molar-refractivity contribution in [1.82, 2.24) is 10.2 Å². The molecule has 1 rings (SSSR count). The highest BCUT2D eigenvalue weighted by molar-refractivity contribution is 5.92. The maximum absolute atomic E-state index is 13.5. The quantitative estimate of drug-likeness (QED) is 0.328. The van der Waals surface area contributed by atoms with Crippen LogP contribution in [0.15, 0.2) is 11.6 Å². The number of allylic oxidation sites excluding steroid dienone is 1. The second-order valence-corrected chi connectivity index (χ2v) is 11.7. The van der Waals surface area contributed by atoms with Crippen LogP contribution in [-0.4, -0.2) is 53.8 Å². The average Bonchev–Trinajstić information content (AvgIpc) is 2.75. The lowest BCUT2D eigenvalue weighted by molar-refractivity contribution is -0.138. The van der Waals surface area contributed by atoms with Gasteiger partial charge in [0.1, 0.15) is 0 Å². The molecule has 1 amide bonds. The number of esters is 1. The monoisotopic (exact) mass is 478 g/mol. The lowest BCUT2D eigenvalue weighted by atomic mass is 9.79. The van der Waals surface area contributed by atoms with Gasteiger partial charge < -0.3 is 10.1 Å². The largest absolute Gasteiger partial charge is 0.463 e. The minimum absolute atomic E-state index is 0.00623. The van der Waals surface area contributed by atoms with Crippen LogP contribution in [0.4, 0.5) is 0 Å². The third-order valence-corrected chi connectivity index (χ3v) is 7.16. The SMILES string of the molecule is CCOC(=O)/C(C)=C/[C@@H](CC(=O)[C@@H](NC(=O)[C@H]1CCCCN1C(C)C(C)C)C(C)(C)C)C(C)C. The topological polar surface area (TPSA) is 75.7 Å². The Bertz CT molecular complexity index is 720. The summed E-state index contributed by atoms with van der Waals surface area (Å²) in [6.07, 6.45) is 5.08. The Morgan fingerprint density at radius 2 is 1.68 bits per heavy atom. The van der Waals surface area contributed by atoms with Crippen LogP contribution in [0.3, 0.4) is 0 Å². The van der Waals surface area contributed by atoms with Gasteiger partial charge in [-0.05, 0) is 63.3 Å². The molecule has 0 radical (unpaired) electrons. The molecular formula is C28H50N2O4. The minimum atomic E-state index is -0.587. The Labute approximate surface area is 208 Å². The van der Waals surface area contributed by atoms with Crippen molar-refractivity contribution in [1.29, 1.82) is 0 Å². The zero-order chi connectivity index (χ0) is 26.2. The van der Waals surface area contributed by atoms with Crippen LogP contribution in [0.25, 0.3) is 0 Å². The molecule has 1 unspecified atom stereocenters. The van der Waals surface area contributed by atoms with Gasteiger partial charge in [-0.25, -0.2) is 4.79 Å². The fraction of sp³-hybridized carbons (Fsp3) is 0.821. The summed E-state index contributed by atoms with van der Waals surface area (Å²) >= 11 is 0. The molecule has 0 aromatic carbocycles. The first-order valence-corrected chi connectivity index (χ1v) is 13.1. The van der Waals surface area contributed by atoms with Crippen LogP contribution >= 0.6 is 0 Å². The molecule has 0 aromatic heterocycles. The van der Waals surface area contributed by atoms with Gasteiger partial charge in [-0.15, -0.1) is 0 Å². The van der Waals surface area contributed by atoms with Crippen molar-refractivity contribution in [2.24, 2.45) is 23.2 Å². The Kier molecular flexibility index (Phi) is 12.0. The number of nitrogens with zero attached hydrogens (tertiary/aromatic N) is 1. The van der Waals surface area contributed by atoms with Crippen LogP contribution in [0.2, 0.25) is 0 Å². The molecule has 4 atom stereocenters. The molecule has 1 aliphatic heterocycles. The van der Waals surface area contributed by atoms with Crippen molar-refractivity contribution in [3.8, 4) is 0 Å². The van der Waals surface area contributed by atoms with E-state index < -0.39 is 11.5 Å². The first-order valence-electron chi connectivity index (χ1n) is 13.1. The van der Waals surface area contributed by atoms with Gasteiger partial charge in [0.15, 0.2) is 5.78 Å². The van der Waals surface area contributed by atoms with Crippen molar-refractivity contribution in [2.75, 3.05) is 13.2 Å². The normalized spacial score (nSPS) is 20.7. The Hall–Kier alpha value is -1.69. The molecule has 6 nitrogen and oxygen atoms in total. The summed E-state index contributed by atoms with van der Waals surface area (Å²) in [6.45, 7) is 21.4. The molecule has 0 spiro atoms. The predicted octanol–water partition coefficient (Wildman–Crippen LogP) is 5.16. The highest BCUT2D eigenvalue weighted by Gasteiger charge is 2.38. The zero-order valence-corrected chi connectivity index (χ0v) is 23.4. The van der Waals surface area contributed by atoms with Crippen molar-refractivity contribution >= 4 is 17.7 Å². The Morgan fingerprint density at radius 3 is 2.18 bits per heavy atom. The van der Waals surface area contributed by atoms with Crippen molar-refractivity contribution in [3.05, 3.63) is 11.6 Å². The van der Waals surface area contributed by atoms with Crippen molar-refractivity contribution in [2.45, 2.75) is 113 Å². The predicted molar refractivity (Wildman–Crippen MR) is 138 cm³/mol. The summed E-state index contributed by atoms with van der Waals surface area (Å²) in [5, 5.41) is 3.15. The summed E-state index contributed by atoms with van der Waals surface area (Å²) in [5.41, 5.74) is 0.0994. The average molecular weight is 479 g/mol. The van der Waals surface area contributed by atoms with Gasteiger partial charge >= 0.3 is 5.97 Å². The van der Waals surface area contributed by atoms with E-state index in [1.54, 1.807) is 13.8 Å². The maximum Gasteiger partial charge on any atom is 0.333 e. The van der Waals surface area contributed by atoms with E-state index in [-0.39, 0.29) is 42.0 Å². The first-order chi connectivity index (χ1) is 15.7. The van der Waals surface area contributed by atoms with E-state index in [2.05, 4.69) is 31.0 Å². The fourth-order valence-corrected chi connectivity index (χ4v) is 4.60. The molecule has 1 heterocycles. The van der Waals surface area contributed by atoms with E-state index in [4.69, 9.17) is 4.74 Å². The number of carbonyl (C=O) groups excluding carboxylic acids is 3. The van der Waals surface area contributed by atoms with E-state index in [1.165, 1.54) is 0 Å². The van der Waals surface area contributed by atoms with Gasteiger partial charge in [0.05, 0.1) is 18.7 Å². The highest BCUT2D eigenvalue weighted by Crippen LogP contribution is 2.28. The molecular weight excluding hydrogens is 428 g/mol. The summed E-state index contributed by atoms with van der Waals surface area (Å²) in [5.74, 6) is 0.135. The van der Waals surface area contributed by atoms with Crippen LogP contribution in [0.1, 0.15) is 94.9 Å². The number of Topliss-reactive ketones (excluding diaryl/α,β-unsaturated/α-hetero) is 1. The molecule has 0 aromatic rings.